The molecule has 4 nitrogen and oxygen atoms in total. The SMILES string of the molecule is CC(=O)c1cnc(CN2CCCCC2)[nH]1. The lowest BCUT2D eigenvalue weighted by molar-refractivity contribution is 0.101. The van der Waals surface area contributed by atoms with Crippen molar-refractivity contribution in [3.63, 3.8) is 0 Å². The Morgan fingerprint density at radius 2 is 2.20 bits per heavy atom. The van der Waals surface area contributed by atoms with Crippen LogP contribution in [0.3, 0.4) is 0 Å². The molecule has 0 amide bonds. The number of rotatable bonds is 3. The molecule has 0 bridgehead atoms. The maximum absolute atomic E-state index is 11.1. The highest BCUT2D eigenvalue weighted by atomic mass is 16.1. The molecule has 2 heterocycles. The summed E-state index contributed by atoms with van der Waals surface area (Å²) in [5.41, 5.74) is 0.613. The highest BCUT2D eigenvalue weighted by molar-refractivity contribution is 5.91. The second kappa shape index (κ2) is 4.57. The first kappa shape index (κ1) is 10.4. The molecule has 1 aliphatic heterocycles. The number of piperidine rings is 1. The summed E-state index contributed by atoms with van der Waals surface area (Å²) < 4.78 is 0. The molecule has 1 aliphatic rings. The Morgan fingerprint density at radius 1 is 1.47 bits per heavy atom. The molecule has 0 radical (unpaired) electrons. The lowest BCUT2D eigenvalue weighted by Gasteiger charge is -2.25. The van der Waals surface area contributed by atoms with Crippen LogP contribution in [0.15, 0.2) is 6.20 Å². The highest BCUT2D eigenvalue weighted by Crippen LogP contribution is 2.11. The van der Waals surface area contributed by atoms with Gasteiger partial charge in [-0.1, -0.05) is 6.42 Å². The van der Waals surface area contributed by atoms with Crippen molar-refractivity contribution in [2.45, 2.75) is 32.7 Å². The molecule has 1 N–H and O–H groups in total. The number of likely N-dealkylation sites (tertiary alicyclic amines) is 1. The number of carbonyl (C=O) groups excluding carboxylic acids is 1. The van der Waals surface area contributed by atoms with Crippen LogP contribution in [-0.4, -0.2) is 33.7 Å². The summed E-state index contributed by atoms with van der Waals surface area (Å²) in [6.45, 7) is 4.69. The van der Waals surface area contributed by atoms with E-state index in [0.29, 0.717) is 5.69 Å². The third kappa shape index (κ3) is 2.65. The summed E-state index contributed by atoms with van der Waals surface area (Å²) >= 11 is 0. The monoisotopic (exact) mass is 207 g/mol. The van der Waals surface area contributed by atoms with Gasteiger partial charge in [0.25, 0.3) is 0 Å². The maximum Gasteiger partial charge on any atom is 0.177 e. The van der Waals surface area contributed by atoms with E-state index in [1.165, 1.54) is 19.3 Å². The van der Waals surface area contributed by atoms with Crippen molar-refractivity contribution < 1.29 is 4.79 Å². The summed E-state index contributed by atoms with van der Waals surface area (Å²) in [5, 5.41) is 0. The molecule has 1 aromatic rings. The van der Waals surface area contributed by atoms with Crippen LogP contribution in [0, 0.1) is 0 Å². The first-order chi connectivity index (χ1) is 7.25. The molecule has 1 aromatic heterocycles. The predicted molar refractivity (Wildman–Crippen MR) is 57.7 cm³/mol. The molecule has 0 unspecified atom stereocenters. The van der Waals surface area contributed by atoms with Gasteiger partial charge in [-0.15, -0.1) is 0 Å². The van der Waals surface area contributed by atoms with E-state index in [0.717, 1.165) is 25.5 Å². The minimum Gasteiger partial charge on any atom is -0.339 e. The molecule has 0 aliphatic carbocycles. The zero-order valence-corrected chi connectivity index (χ0v) is 9.12. The third-order valence-corrected chi connectivity index (χ3v) is 2.83. The second-order valence-corrected chi connectivity index (χ2v) is 4.14. The van der Waals surface area contributed by atoms with Gasteiger partial charge in [0, 0.05) is 6.92 Å². The Bertz CT molecular complexity index is 339. The Balaban J connectivity index is 1.94. The lowest BCUT2D eigenvalue weighted by atomic mass is 10.1. The Hall–Kier alpha value is -1.16. The summed E-state index contributed by atoms with van der Waals surface area (Å²) in [7, 11) is 0. The number of aromatic nitrogens is 2. The molecular weight excluding hydrogens is 190 g/mol. The zero-order chi connectivity index (χ0) is 10.7. The van der Waals surface area contributed by atoms with Crippen LogP contribution in [0.4, 0.5) is 0 Å². The number of aromatic amines is 1. The van der Waals surface area contributed by atoms with E-state index in [1.54, 1.807) is 13.1 Å². The van der Waals surface area contributed by atoms with Gasteiger partial charge in [0.2, 0.25) is 0 Å². The number of imidazole rings is 1. The van der Waals surface area contributed by atoms with Gasteiger partial charge in [0.15, 0.2) is 5.78 Å². The smallest absolute Gasteiger partial charge is 0.177 e. The van der Waals surface area contributed by atoms with E-state index in [2.05, 4.69) is 14.9 Å². The molecule has 1 saturated heterocycles. The van der Waals surface area contributed by atoms with E-state index in [9.17, 15) is 4.79 Å². The van der Waals surface area contributed by atoms with Crippen molar-refractivity contribution in [1.29, 1.82) is 0 Å². The first-order valence-corrected chi connectivity index (χ1v) is 5.53. The second-order valence-electron chi connectivity index (χ2n) is 4.14. The van der Waals surface area contributed by atoms with Gasteiger partial charge >= 0.3 is 0 Å². The fraction of sp³-hybridized carbons (Fsp3) is 0.636. The molecule has 2 rings (SSSR count). The predicted octanol–water partition coefficient (Wildman–Crippen LogP) is 1.60. The average molecular weight is 207 g/mol. The van der Waals surface area contributed by atoms with Crippen molar-refractivity contribution in [2.75, 3.05) is 13.1 Å². The van der Waals surface area contributed by atoms with Crippen LogP contribution in [0.25, 0.3) is 0 Å². The van der Waals surface area contributed by atoms with Crippen LogP contribution in [-0.2, 0) is 6.54 Å². The van der Waals surface area contributed by atoms with Crippen LogP contribution in [0.1, 0.15) is 42.5 Å². The Morgan fingerprint density at radius 3 is 2.80 bits per heavy atom. The minimum atomic E-state index is 0.0485. The van der Waals surface area contributed by atoms with Gasteiger partial charge in [0.1, 0.15) is 11.5 Å². The van der Waals surface area contributed by atoms with Crippen molar-refractivity contribution in [1.82, 2.24) is 14.9 Å². The fourth-order valence-corrected chi connectivity index (χ4v) is 1.95. The summed E-state index contributed by atoms with van der Waals surface area (Å²) in [6, 6.07) is 0. The van der Waals surface area contributed by atoms with Gasteiger partial charge < -0.3 is 4.98 Å². The largest absolute Gasteiger partial charge is 0.339 e. The van der Waals surface area contributed by atoms with Gasteiger partial charge in [0.05, 0.1) is 12.7 Å². The number of nitrogens with one attached hydrogen (secondary N) is 1. The van der Waals surface area contributed by atoms with Crippen LogP contribution < -0.4 is 0 Å². The average Bonchev–Trinajstić information content (AvgIpc) is 2.68. The van der Waals surface area contributed by atoms with E-state index in [4.69, 9.17) is 0 Å². The highest BCUT2D eigenvalue weighted by Gasteiger charge is 2.12. The molecule has 0 aromatic carbocycles. The van der Waals surface area contributed by atoms with Crippen molar-refractivity contribution in [2.24, 2.45) is 0 Å². The number of nitrogens with zero attached hydrogens (tertiary/aromatic N) is 2. The summed E-state index contributed by atoms with van der Waals surface area (Å²) in [5.74, 6) is 0.953. The van der Waals surface area contributed by atoms with Gasteiger partial charge in [-0.2, -0.15) is 0 Å². The third-order valence-electron chi connectivity index (χ3n) is 2.83. The topological polar surface area (TPSA) is 49.0 Å². The van der Waals surface area contributed by atoms with Gasteiger partial charge in [-0.3, -0.25) is 9.69 Å². The fourth-order valence-electron chi connectivity index (χ4n) is 1.95. The van der Waals surface area contributed by atoms with Crippen molar-refractivity contribution >= 4 is 5.78 Å². The number of Topliss-reactive ketones (excluding diaryl/α,β-unsaturated/α-hetero) is 1. The van der Waals surface area contributed by atoms with Crippen molar-refractivity contribution in [3.05, 3.63) is 17.7 Å². The van der Waals surface area contributed by atoms with Crippen molar-refractivity contribution in [3.8, 4) is 0 Å². The first-order valence-electron chi connectivity index (χ1n) is 5.53. The van der Waals surface area contributed by atoms with E-state index in [1.807, 2.05) is 0 Å². The van der Waals surface area contributed by atoms with Gasteiger partial charge in [-0.05, 0) is 25.9 Å². The summed E-state index contributed by atoms with van der Waals surface area (Å²) in [6.07, 6.45) is 5.52. The number of hydrogen-bond acceptors (Lipinski definition) is 3. The number of carbonyl (C=O) groups is 1. The van der Waals surface area contributed by atoms with Gasteiger partial charge in [-0.25, -0.2) is 4.98 Å². The molecule has 82 valence electrons. The zero-order valence-electron chi connectivity index (χ0n) is 9.12. The number of hydrogen-bond donors (Lipinski definition) is 1. The summed E-state index contributed by atoms with van der Waals surface area (Å²) in [4.78, 5) is 20.7. The number of H-pyrrole nitrogens is 1. The molecule has 0 atom stereocenters. The Kier molecular flexibility index (Phi) is 3.16. The lowest BCUT2D eigenvalue weighted by Crippen LogP contribution is -2.29. The normalized spacial score (nSPS) is 17.9. The molecule has 0 spiro atoms. The quantitative estimate of drug-likeness (QED) is 0.766. The molecular formula is C11H17N3O. The molecule has 15 heavy (non-hydrogen) atoms. The van der Waals surface area contributed by atoms with E-state index >= 15 is 0 Å². The number of ketones is 1. The van der Waals surface area contributed by atoms with E-state index < -0.39 is 0 Å². The maximum atomic E-state index is 11.1. The molecule has 0 saturated carbocycles. The Labute approximate surface area is 89.7 Å². The molecule has 4 heteroatoms. The molecule has 1 fully saturated rings. The standard InChI is InChI=1S/C11H17N3O/c1-9(15)10-7-12-11(13-10)8-14-5-3-2-4-6-14/h7H,2-6,8H2,1H3,(H,12,13). The minimum absolute atomic E-state index is 0.0485. The van der Waals surface area contributed by atoms with Crippen LogP contribution in [0.2, 0.25) is 0 Å². The van der Waals surface area contributed by atoms with Crippen LogP contribution in [0.5, 0.6) is 0 Å². The van der Waals surface area contributed by atoms with E-state index in [-0.39, 0.29) is 5.78 Å². The van der Waals surface area contributed by atoms with Crippen LogP contribution >= 0.6 is 0 Å².